The van der Waals surface area contributed by atoms with Gasteiger partial charge in [-0.1, -0.05) is 42.5 Å². The second kappa shape index (κ2) is 7.53. The molecule has 1 aliphatic carbocycles. The number of aryl methyl sites for hydroxylation is 1. The molecule has 1 aliphatic rings. The maximum Gasteiger partial charge on any atom is 0.230 e. The van der Waals surface area contributed by atoms with Crippen LogP contribution in [0.3, 0.4) is 0 Å². The van der Waals surface area contributed by atoms with Crippen LogP contribution in [0, 0.1) is 0 Å². The first-order valence-electron chi connectivity index (χ1n) is 7.97. The van der Waals surface area contributed by atoms with Crippen molar-refractivity contribution in [1.82, 2.24) is 5.32 Å². The highest BCUT2D eigenvalue weighted by atomic mass is 32.2. The number of rotatable bonds is 6. The number of nitrogens with two attached hydrogens (primary N) is 1. The Morgan fingerprint density at radius 3 is 2.62 bits per heavy atom. The fourth-order valence-electron chi connectivity index (χ4n) is 3.04. The summed E-state index contributed by atoms with van der Waals surface area (Å²) >= 11 is 1.25. The lowest BCUT2D eigenvalue weighted by atomic mass is 9.99. The third kappa shape index (κ3) is 3.97. The van der Waals surface area contributed by atoms with E-state index in [-0.39, 0.29) is 23.5 Å². The molecule has 2 aromatic rings. The van der Waals surface area contributed by atoms with Gasteiger partial charge in [0.25, 0.3) is 0 Å². The fraction of sp³-hybridized carbons (Fsp3) is 0.263. The summed E-state index contributed by atoms with van der Waals surface area (Å²) in [4.78, 5) is 22.8. The highest BCUT2D eigenvalue weighted by molar-refractivity contribution is 8.00. The number of carbonyl (C=O) groups is 2. The van der Waals surface area contributed by atoms with Crippen molar-refractivity contribution < 1.29 is 9.59 Å². The van der Waals surface area contributed by atoms with Crippen molar-refractivity contribution in [2.45, 2.75) is 18.9 Å². The molecule has 0 saturated heterocycles. The summed E-state index contributed by atoms with van der Waals surface area (Å²) in [5.41, 5.74) is 9.92. The van der Waals surface area contributed by atoms with E-state index in [1.165, 1.54) is 34.0 Å². The molecule has 1 atom stereocenters. The van der Waals surface area contributed by atoms with Crippen LogP contribution < -0.4 is 11.1 Å². The zero-order valence-corrected chi connectivity index (χ0v) is 14.1. The zero-order chi connectivity index (χ0) is 16.9. The van der Waals surface area contributed by atoms with E-state index in [4.69, 9.17) is 5.73 Å². The van der Waals surface area contributed by atoms with Gasteiger partial charge in [-0.2, -0.15) is 0 Å². The Hall–Kier alpha value is -2.27. The average molecular weight is 340 g/mol. The van der Waals surface area contributed by atoms with Crippen LogP contribution in [0.5, 0.6) is 0 Å². The molecule has 0 bridgehead atoms. The van der Waals surface area contributed by atoms with Crippen LogP contribution in [0.25, 0.3) is 11.1 Å². The number of benzene rings is 2. The predicted molar refractivity (Wildman–Crippen MR) is 97.6 cm³/mol. The molecular formula is C19H20N2O2S. The van der Waals surface area contributed by atoms with Gasteiger partial charge in [-0.3, -0.25) is 9.59 Å². The molecule has 0 unspecified atom stereocenters. The lowest BCUT2D eigenvalue weighted by Gasteiger charge is -2.15. The SMILES string of the molecule is NC(=O)CSCC(=O)N[C@H]1CCc2ccc(-c3ccccc3)cc21. The maximum atomic E-state index is 12.1. The number of fused-ring (bicyclic) bond motifs is 1. The van der Waals surface area contributed by atoms with E-state index in [1.807, 2.05) is 18.2 Å². The second-order valence-corrected chi connectivity index (χ2v) is 6.88. The number of primary amides is 1. The van der Waals surface area contributed by atoms with Gasteiger partial charge in [0.15, 0.2) is 0 Å². The highest BCUT2D eigenvalue weighted by Crippen LogP contribution is 2.34. The minimum atomic E-state index is -0.397. The van der Waals surface area contributed by atoms with Crippen LogP contribution in [-0.2, 0) is 16.0 Å². The van der Waals surface area contributed by atoms with Crippen LogP contribution in [0.4, 0.5) is 0 Å². The Labute approximate surface area is 145 Å². The van der Waals surface area contributed by atoms with Crippen molar-refractivity contribution in [2.75, 3.05) is 11.5 Å². The molecule has 0 heterocycles. The van der Waals surface area contributed by atoms with Crippen LogP contribution in [-0.4, -0.2) is 23.3 Å². The molecule has 3 N–H and O–H groups in total. The molecule has 0 aliphatic heterocycles. The lowest BCUT2D eigenvalue weighted by molar-refractivity contribution is -0.119. The molecule has 24 heavy (non-hydrogen) atoms. The first-order valence-corrected chi connectivity index (χ1v) is 9.12. The van der Waals surface area contributed by atoms with E-state index < -0.39 is 5.91 Å². The minimum absolute atomic E-state index is 0.0466. The van der Waals surface area contributed by atoms with Crippen LogP contribution in [0.1, 0.15) is 23.6 Å². The average Bonchev–Trinajstić information content (AvgIpc) is 2.97. The Balaban J connectivity index is 1.69. The van der Waals surface area contributed by atoms with Gasteiger partial charge in [0.2, 0.25) is 11.8 Å². The molecule has 0 radical (unpaired) electrons. The van der Waals surface area contributed by atoms with Gasteiger partial charge in [-0.15, -0.1) is 11.8 Å². The Morgan fingerprint density at radius 2 is 1.88 bits per heavy atom. The van der Waals surface area contributed by atoms with E-state index in [0.29, 0.717) is 0 Å². The van der Waals surface area contributed by atoms with Crippen molar-refractivity contribution >= 4 is 23.6 Å². The van der Waals surface area contributed by atoms with E-state index >= 15 is 0 Å². The standard InChI is InChI=1S/C19H20N2O2S/c20-18(22)11-24-12-19(23)21-17-9-8-14-6-7-15(10-16(14)17)13-4-2-1-3-5-13/h1-7,10,17H,8-9,11-12H2,(H2,20,22)(H,21,23)/t17-/m0/s1. The Bertz CT molecular complexity index is 746. The number of carbonyl (C=O) groups excluding carboxylic acids is 2. The molecule has 2 amide bonds. The maximum absolute atomic E-state index is 12.1. The van der Waals surface area contributed by atoms with E-state index in [2.05, 4.69) is 35.6 Å². The molecule has 4 nitrogen and oxygen atoms in total. The molecule has 124 valence electrons. The number of hydrogen-bond donors (Lipinski definition) is 2. The van der Waals surface area contributed by atoms with Crippen molar-refractivity contribution in [3.8, 4) is 11.1 Å². The first-order chi connectivity index (χ1) is 11.6. The Morgan fingerprint density at radius 1 is 1.08 bits per heavy atom. The topological polar surface area (TPSA) is 72.2 Å². The molecule has 0 fully saturated rings. The largest absolute Gasteiger partial charge is 0.369 e. The van der Waals surface area contributed by atoms with E-state index in [0.717, 1.165) is 12.8 Å². The van der Waals surface area contributed by atoms with Crippen molar-refractivity contribution in [3.05, 3.63) is 59.7 Å². The highest BCUT2D eigenvalue weighted by Gasteiger charge is 2.24. The molecular weight excluding hydrogens is 320 g/mol. The van der Waals surface area contributed by atoms with Gasteiger partial charge in [-0.25, -0.2) is 0 Å². The van der Waals surface area contributed by atoms with E-state index in [1.54, 1.807) is 0 Å². The van der Waals surface area contributed by atoms with Gasteiger partial charge in [0.1, 0.15) is 0 Å². The monoisotopic (exact) mass is 340 g/mol. The predicted octanol–water partition coefficient (Wildman–Crippen LogP) is 2.68. The molecule has 0 spiro atoms. The number of thioether (sulfide) groups is 1. The Kier molecular flexibility index (Phi) is 5.20. The summed E-state index contributed by atoms with van der Waals surface area (Å²) in [6.45, 7) is 0. The van der Waals surface area contributed by atoms with Crippen molar-refractivity contribution in [2.24, 2.45) is 5.73 Å². The minimum Gasteiger partial charge on any atom is -0.369 e. The number of amides is 2. The summed E-state index contributed by atoms with van der Waals surface area (Å²) in [6, 6.07) is 16.8. The normalized spacial score (nSPS) is 15.8. The van der Waals surface area contributed by atoms with E-state index in [9.17, 15) is 9.59 Å². The van der Waals surface area contributed by atoms with Crippen LogP contribution in [0.2, 0.25) is 0 Å². The summed E-state index contributed by atoms with van der Waals surface area (Å²) < 4.78 is 0. The van der Waals surface area contributed by atoms with Gasteiger partial charge in [0, 0.05) is 0 Å². The number of nitrogens with one attached hydrogen (secondary N) is 1. The second-order valence-electron chi connectivity index (χ2n) is 5.90. The zero-order valence-electron chi connectivity index (χ0n) is 13.3. The summed E-state index contributed by atoms with van der Waals surface area (Å²) in [7, 11) is 0. The van der Waals surface area contributed by atoms with Gasteiger partial charge in [-0.05, 0) is 41.2 Å². The van der Waals surface area contributed by atoms with Crippen LogP contribution in [0.15, 0.2) is 48.5 Å². The third-order valence-electron chi connectivity index (χ3n) is 4.14. The van der Waals surface area contributed by atoms with Crippen molar-refractivity contribution in [3.63, 3.8) is 0 Å². The molecule has 0 aromatic heterocycles. The fourth-order valence-corrected chi connectivity index (χ4v) is 3.61. The quantitative estimate of drug-likeness (QED) is 0.849. The van der Waals surface area contributed by atoms with Gasteiger partial charge in [0.05, 0.1) is 17.5 Å². The molecule has 3 rings (SSSR count). The molecule has 5 heteroatoms. The molecule has 0 saturated carbocycles. The van der Waals surface area contributed by atoms with Gasteiger partial charge < -0.3 is 11.1 Å². The number of hydrogen-bond acceptors (Lipinski definition) is 3. The summed E-state index contributed by atoms with van der Waals surface area (Å²) in [5.74, 6) is -0.0179. The lowest BCUT2D eigenvalue weighted by Crippen LogP contribution is -2.29. The van der Waals surface area contributed by atoms with Crippen molar-refractivity contribution in [1.29, 1.82) is 0 Å². The summed E-state index contributed by atoms with van der Waals surface area (Å²) in [6.07, 6.45) is 1.89. The molecule has 2 aromatic carbocycles. The van der Waals surface area contributed by atoms with Gasteiger partial charge >= 0.3 is 0 Å². The van der Waals surface area contributed by atoms with Crippen LogP contribution >= 0.6 is 11.8 Å². The third-order valence-corrected chi connectivity index (χ3v) is 5.10. The summed E-state index contributed by atoms with van der Waals surface area (Å²) in [5, 5.41) is 3.08. The smallest absolute Gasteiger partial charge is 0.230 e. The first kappa shape index (κ1) is 16.6.